The van der Waals surface area contributed by atoms with Gasteiger partial charge < -0.3 is 4.74 Å². The van der Waals surface area contributed by atoms with Crippen molar-refractivity contribution in [3.63, 3.8) is 0 Å². The molecule has 0 aromatic heterocycles. The van der Waals surface area contributed by atoms with Gasteiger partial charge in [0.15, 0.2) is 0 Å². The van der Waals surface area contributed by atoms with Crippen molar-refractivity contribution in [3.8, 4) is 5.75 Å². The first-order valence-electron chi connectivity index (χ1n) is 4.05. The van der Waals surface area contributed by atoms with Gasteiger partial charge >= 0.3 is 6.61 Å². The number of hydrogen-bond acceptors (Lipinski definition) is 3. The first-order chi connectivity index (χ1) is 7.49. The predicted octanol–water partition coefficient (Wildman–Crippen LogP) is 2.67. The van der Waals surface area contributed by atoms with Crippen LogP contribution in [-0.4, -0.2) is 11.5 Å². The Morgan fingerprint density at radius 1 is 1.44 bits per heavy atom. The van der Waals surface area contributed by atoms with Gasteiger partial charge in [-0.3, -0.25) is 10.1 Å². The topological polar surface area (TPSA) is 52.4 Å². The summed E-state index contributed by atoms with van der Waals surface area (Å²) in [7, 11) is 0. The lowest BCUT2D eigenvalue weighted by molar-refractivity contribution is -0.400. The van der Waals surface area contributed by atoms with Crippen LogP contribution in [0.1, 0.15) is 5.56 Å². The highest BCUT2D eigenvalue weighted by molar-refractivity contribution is 5.50. The van der Waals surface area contributed by atoms with Gasteiger partial charge in [0.1, 0.15) is 11.6 Å². The van der Waals surface area contributed by atoms with Crippen LogP contribution < -0.4 is 4.74 Å². The molecule has 0 saturated carbocycles. The molecule has 0 atom stereocenters. The Labute approximate surface area is 88.1 Å². The smallest absolute Gasteiger partial charge is 0.387 e. The van der Waals surface area contributed by atoms with Crippen LogP contribution in [0, 0.1) is 15.9 Å². The maximum atomic E-state index is 13.2. The largest absolute Gasteiger partial charge is 0.435 e. The van der Waals surface area contributed by atoms with E-state index < -0.39 is 17.4 Å². The van der Waals surface area contributed by atoms with Crippen LogP contribution in [0.15, 0.2) is 24.4 Å². The number of benzene rings is 1. The molecule has 16 heavy (non-hydrogen) atoms. The molecule has 0 amide bonds. The van der Waals surface area contributed by atoms with Crippen molar-refractivity contribution in [2.24, 2.45) is 0 Å². The van der Waals surface area contributed by atoms with Gasteiger partial charge in [-0.1, -0.05) is 0 Å². The van der Waals surface area contributed by atoms with Gasteiger partial charge in [-0.25, -0.2) is 4.39 Å². The molecule has 0 radical (unpaired) electrons. The fraction of sp³-hybridized carbons (Fsp3) is 0.111. The molecule has 0 bridgehead atoms. The second kappa shape index (κ2) is 5.15. The SMILES string of the molecule is O=[N+]([O-])/C=C/c1ccc(OC(F)F)cc1F. The molecule has 0 aliphatic heterocycles. The number of rotatable bonds is 4. The minimum absolute atomic E-state index is 0.0849. The Bertz CT molecular complexity index is 420. The molecule has 4 nitrogen and oxygen atoms in total. The summed E-state index contributed by atoms with van der Waals surface area (Å²) in [5.74, 6) is -1.22. The molecule has 1 aromatic rings. The van der Waals surface area contributed by atoms with Crippen molar-refractivity contribution in [1.29, 1.82) is 0 Å². The molecule has 0 unspecified atom stereocenters. The van der Waals surface area contributed by atoms with E-state index in [0.717, 1.165) is 24.3 Å². The van der Waals surface area contributed by atoms with Gasteiger partial charge in [-0.05, 0) is 12.1 Å². The van der Waals surface area contributed by atoms with E-state index >= 15 is 0 Å². The lowest BCUT2D eigenvalue weighted by Gasteiger charge is -2.04. The van der Waals surface area contributed by atoms with Crippen LogP contribution in [0.3, 0.4) is 0 Å². The van der Waals surface area contributed by atoms with Crippen LogP contribution in [0.25, 0.3) is 6.08 Å². The minimum atomic E-state index is -3.04. The molecule has 7 heteroatoms. The summed E-state index contributed by atoms with van der Waals surface area (Å²) >= 11 is 0. The van der Waals surface area contributed by atoms with Crippen LogP contribution in [-0.2, 0) is 0 Å². The van der Waals surface area contributed by atoms with Crippen LogP contribution in [0.5, 0.6) is 5.75 Å². The summed E-state index contributed by atoms with van der Waals surface area (Å²) in [5, 5.41) is 9.97. The molecule has 86 valence electrons. The second-order valence-electron chi connectivity index (χ2n) is 2.66. The average molecular weight is 233 g/mol. The van der Waals surface area contributed by atoms with E-state index in [1.807, 2.05) is 0 Å². The lowest BCUT2D eigenvalue weighted by atomic mass is 10.2. The van der Waals surface area contributed by atoms with Gasteiger partial charge in [0.2, 0.25) is 6.20 Å². The second-order valence-corrected chi connectivity index (χ2v) is 2.66. The van der Waals surface area contributed by atoms with Crippen molar-refractivity contribution in [3.05, 3.63) is 45.9 Å². The molecule has 0 aliphatic carbocycles. The fourth-order valence-electron chi connectivity index (χ4n) is 0.960. The monoisotopic (exact) mass is 233 g/mol. The molecule has 0 fully saturated rings. The number of halogens is 3. The Morgan fingerprint density at radius 3 is 2.62 bits per heavy atom. The Hall–Kier alpha value is -2.05. The standard InChI is InChI=1S/C9H6F3NO3/c10-8-5-7(16-9(11)12)2-1-6(8)3-4-13(14)15/h1-5,9H/b4-3+. The first kappa shape index (κ1) is 12.0. The molecule has 0 heterocycles. The summed E-state index contributed by atoms with van der Waals surface area (Å²) in [4.78, 5) is 9.21. The molecule has 0 saturated heterocycles. The van der Waals surface area contributed by atoms with E-state index in [2.05, 4.69) is 4.74 Å². The maximum Gasteiger partial charge on any atom is 0.387 e. The quantitative estimate of drug-likeness (QED) is 0.593. The van der Waals surface area contributed by atoms with Crippen LogP contribution >= 0.6 is 0 Å². The van der Waals surface area contributed by atoms with E-state index in [0.29, 0.717) is 6.20 Å². The number of alkyl halides is 2. The molecular weight excluding hydrogens is 227 g/mol. The summed E-state index contributed by atoms with van der Waals surface area (Å²) in [6, 6.07) is 2.92. The van der Waals surface area contributed by atoms with Crippen LogP contribution in [0.2, 0.25) is 0 Å². The number of nitro groups is 1. The highest BCUT2D eigenvalue weighted by Gasteiger charge is 2.07. The Kier molecular flexibility index (Phi) is 3.87. The van der Waals surface area contributed by atoms with Crippen molar-refractivity contribution in [1.82, 2.24) is 0 Å². The third-order valence-electron chi connectivity index (χ3n) is 1.57. The van der Waals surface area contributed by atoms with Gasteiger partial charge in [0.05, 0.1) is 4.92 Å². The normalized spacial score (nSPS) is 11.0. The zero-order chi connectivity index (χ0) is 12.1. The minimum Gasteiger partial charge on any atom is -0.435 e. The fourth-order valence-corrected chi connectivity index (χ4v) is 0.960. The highest BCUT2D eigenvalue weighted by Crippen LogP contribution is 2.19. The maximum absolute atomic E-state index is 13.2. The number of hydrogen-bond donors (Lipinski definition) is 0. The summed E-state index contributed by atoms with van der Waals surface area (Å²) in [6.07, 6.45) is 1.47. The summed E-state index contributed by atoms with van der Waals surface area (Å²) < 4.78 is 40.6. The number of nitrogens with zero attached hydrogens (tertiary/aromatic N) is 1. The molecule has 1 rings (SSSR count). The molecular formula is C9H6F3NO3. The Morgan fingerprint density at radius 2 is 2.12 bits per heavy atom. The number of ether oxygens (including phenoxy) is 1. The summed E-state index contributed by atoms with van der Waals surface area (Å²) in [6.45, 7) is -3.04. The third-order valence-corrected chi connectivity index (χ3v) is 1.57. The van der Waals surface area contributed by atoms with Crippen molar-refractivity contribution < 1.29 is 22.8 Å². The third kappa shape index (κ3) is 3.60. The molecule has 1 aromatic carbocycles. The van der Waals surface area contributed by atoms with Crippen molar-refractivity contribution in [2.75, 3.05) is 0 Å². The Balaban J connectivity index is 2.87. The first-order valence-corrected chi connectivity index (χ1v) is 4.05. The van der Waals surface area contributed by atoms with Gasteiger partial charge in [-0.2, -0.15) is 8.78 Å². The van der Waals surface area contributed by atoms with Gasteiger partial charge in [0.25, 0.3) is 0 Å². The zero-order valence-electron chi connectivity index (χ0n) is 7.77. The van der Waals surface area contributed by atoms with E-state index in [9.17, 15) is 23.3 Å². The van der Waals surface area contributed by atoms with E-state index in [-0.39, 0.29) is 11.3 Å². The molecule has 0 N–H and O–H groups in total. The predicted molar refractivity (Wildman–Crippen MR) is 49.1 cm³/mol. The lowest BCUT2D eigenvalue weighted by Crippen LogP contribution is -2.02. The van der Waals surface area contributed by atoms with Crippen molar-refractivity contribution in [2.45, 2.75) is 6.61 Å². The van der Waals surface area contributed by atoms with E-state index in [4.69, 9.17) is 0 Å². The van der Waals surface area contributed by atoms with E-state index in [1.165, 1.54) is 0 Å². The van der Waals surface area contributed by atoms with Gasteiger partial charge in [0, 0.05) is 17.7 Å². The average Bonchev–Trinajstić information content (AvgIpc) is 2.15. The molecule has 0 aliphatic rings. The van der Waals surface area contributed by atoms with E-state index in [1.54, 1.807) is 0 Å². The van der Waals surface area contributed by atoms with Gasteiger partial charge in [-0.15, -0.1) is 0 Å². The summed E-state index contributed by atoms with van der Waals surface area (Å²) in [5.41, 5.74) is -0.0849. The highest BCUT2D eigenvalue weighted by atomic mass is 19.3. The van der Waals surface area contributed by atoms with Crippen LogP contribution in [0.4, 0.5) is 13.2 Å². The molecule has 0 spiro atoms. The zero-order valence-corrected chi connectivity index (χ0v) is 7.77. The van der Waals surface area contributed by atoms with Crippen molar-refractivity contribution >= 4 is 6.08 Å².